The largest absolute Gasteiger partial charge is 0.465 e. The molecular weight excluding hydrogens is 368 g/mol. The number of rotatable bonds is 5. The van der Waals surface area contributed by atoms with Gasteiger partial charge in [0.05, 0.1) is 25.0 Å². The number of imidazole rings is 1. The molecule has 1 aliphatic rings. The second kappa shape index (κ2) is 7.56. The molecule has 0 unspecified atom stereocenters. The summed E-state index contributed by atoms with van der Waals surface area (Å²) in [5, 5.41) is 1.33. The molecule has 0 spiro atoms. The lowest BCUT2D eigenvalue weighted by atomic mass is 10.1. The number of hydrogen-bond donors (Lipinski definition) is 0. The molecule has 1 saturated heterocycles. The summed E-state index contributed by atoms with van der Waals surface area (Å²) in [5.74, 6) is -0.155. The molecule has 1 aliphatic heterocycles. The van der Waals surface area contributed by atoms with E-state index in [4.69, 9.17) is 16.3 Å². The third-order valence-corrected chi connectivity index (χ3v) is 5.78. The summed E-state index contributed by atoms with van der Waals surface area (Å²) >= 11 is 7.50. The van der Waals surface area contributed by atoms with Crippen LogP contribution in [-0.2, 0) is 16.1 Å². The van der Waals surface area contributed by atoms with Crippen molar-refractivity contribution in [1.29, 1.82) is 0 Å². The Morgan fingerprint density at radius 1 is 1.15 bits per heavy atom. The summed E-state index contributed by atoms with van der Waals surface area (Å²) in [6.07, 6.45) is 2.58. The topological polar surface area (TPSA) is 44.1 Å². The van der Waals surface area contributed by atoms with Crippen LogP contribution in [0.3, 0.4) is 0 Å². The average molecular weight is 385 g/mol. The van der Waals surface area contributed by atoms with E-state index in [1.165, 1.54) is 17.3 Å². The minimum Gasteiger partial charge on any atom is -0.465 e. The fraction of sp³-hybridized carbons (Fsp3) is 0.200. The van der Waals surface area contributed by atoms with Crippen molar-refractivity contribution in [2.75, 3.05) is 6.61 Å². The summed E-state index contributed by atoms with van der Waals surface area (Å²) in [4.78, 5) is 16.5. The zero-order valence-electron chi connectivity index (χ0n) is 14.0. The maximum Gasteiger partial charge on any atom is 0.319 e. The summed E-state index contributed by atoms with van der Waals surface area (Å²) in [5.41, 5.74) is 3.22. The second-order valence-electron chi connectivity index (χ2n) is 6.07. The van der Waals surface area contributed by atoms with Crippen molar-refractivity contribution in [2.24, 2.45) is 0 Å². The molecular formula is C20H17ClN2O2S. The zero-order valence-corrected chi connectivity index (χ0v) is 15.5. The van der Waals surface area contributed by atoms with Gasteiger partial charge in [-0.05, 0) is 23.3 Å². The Labute approximate surface area is 161 Å². The van der Waals surface area contributed by atoms with Gasteiger partial charge in [-0.3, -0.25) is 4.79 Å². The Morgan fingerprint density at radius 3 is 2.62 bits per heavy atom. The van der Waals surface area contributed by atoms with Gasteiger partial charge < -0.3 is 9.30 Å². The van der Waals surface area contributed by atoms with E-state index in [0.29, 0.717) is 18.2 Å². The predicted molar refractivity (Wildman–Crippen MR) is 103 cm³/mol. The van der Waals surface area contributed by atoms with Crippen LogP contribution < -0.4 is 0 Å². The number of aromatic nitrogens is 2. The maximum atomic E-state index is 11.9. The fourth-order valence-corrected chi connectivity index (χ4v) is 4.10. The van der Waals surface area contributed by atoms with Crippen molar-refractivity contribution >= 4 is 29.3 Å². The van der Waals surface area contributed by atoms with Crippen molar-refractivity contribution in [2.45, 2.75) is 23.4 Å². The Bertz CT molecular complexity index is 909. The minimum atomic E-state index is -0.190. The summed E-state index contributed by atoms with van der Waals surface area (Å²) in [7, 11) is 0. The van der Waals surface area contributed by atoms with Crippen LogP contribution in [-0.4, -0.2) is 27.4 Å². The standard InChI is InChI=1S/C20H17ClN2O2S/c21-16-8-6-15(7-9-16)17-12-22-20(26-18-10-11-25-19(18)24)23(17)13-14-4-2-1-3-5-14/h1-9,12,18H,10-11,13H2/t18-/m1/s1. The van der Waals surface area contributed by atoms with Crippen LogP contribution in [0.4, 0.5) is 0 Å². The van der Waals surface area contributed by atoms with Gasteiger partial charge in [0.2, 0.25) is 0 Å². The molecule has 132 valence electrons. The number of carbonyl (C=O) groups excluding carboxylic acids is 1. The van der Waals surface area contributed by atoms with Crippen molar-refractivity contribution in [3.05, 3.63) is 71.4 Å². The summed E-state index contributed by atoms with van der Waals surface area (Å²) in [6, 6.07) is 17.9. The number of nitrogens with zero attached hydrogens (tertiary/aromatic N) is 2. The van der Waals surface area contributed by atoms with Gasteiger partial charge in [0.25, 0.3) is 0 Å². The highest BCUT2D eigenvalue weighted by Crippen LogP contribution is 2.33. The summed E-state index contributed by atoms with van der Waals surface area (Å²) in [6.45, 7) is 1.17. The lowest BCUT2D eigenvalue weighted by molar-refractivity contribution is -0.137. The maximum absolute atomic E-state index is 11.9. The van der Waals surface area contributed by atoms with Gasteiger partial charge in [0.15, 0.2) is 5.16 Å². The van der Waals surface area contributed by atoms with Gasteiger partial charge >= 0.3 is 5.97 Å². The molecule has 6 heteroatoms. The van der Waals surface area contributed by atoms with E-state index in [1.54, 1.807) is 0 Å². The number of ether oxygens (including phenoxy) is 1. The number of benzene rings is 2. The molecule has 0 N–H and O–H groups in total. The van der Waals surface area contributed by atoms with Gasteiger partial charge in [-0.15, -0.1) is 0 Å². The lowest BCUT2D eigenvalue weighted by Gasteiger charge is -2.13. The number of hydrogen-bond acceptors (Lipinski definition) is 4. The minimum absolute atomic E-state index is 0.155. The van der Waals surface area contributed by atoms with Crippen LogP contribution in [0.5, 0.6) is 0 Å². The fourth-order valence-electron chi connectivity index (χ4n) is 2.93. The molecule has 0 saturated carbocycles. The number of halogens is 1. The first-order valence-electron chi connectivity index (χ1n) is 8.39. The molecule has 1 aromatic heterocycles. The highest BCUT2D eigenvalue weighted by Gasteiger charge is 2.29. The smallest absolute Gasteiger partial charge is 0.319 e. The lowest BCUT2D eigenvalue weighted by Crippen LogP contribution is -2.12. The predicted octanol–water partition coefficient (Wildman–Crippen LogP) is 4.66. The summed E-state index contributed by atoms with van der Waals surface area (Å²) < 4.78 is 7.24. The number of thioether (sulfide) groups is 1. The van der Waals surface area contributed by atoms with E-state index in [-0.39, 0.29) is 11.2 Å². The van der Waals surface area contributed by atoms with E-state index in [2.05, 4.69) is 21.7 Å². The van der Waals surface area contributed by atoms with Crippen LogP contribution in [0.25, 0.3) is 11.3 Å². The first kappa shape index (κ1) is 17.2. The van der Waals surface area contributed by atoms with Crippen LogP contribution in [0.2, 0.25) is 5.02 Å². The Hall–Kier alpha value is -2.24. The van der Waals surface area contributed by atoms with Gasteiger partial charge in [-0.2, -0.15) is 0 Å². The molecule has 0 radical (unpaired) electrons. The Kier molecular flexibility index (Phi) is 5.00. The van der Waals surface area contributed by atoms with E-state index in [9.17, 15) is 4.79 Å². The quantitative estimate of drug-likeness (QED) is 0.600. The molecule has 4 nitrogen and oxygen atoms in total. The van der Waals surface area contributed by atoms with E-state index >= 15 is 0 Å². The number of carbonyl (C=O) groups is 1. The van der Waals surface area contributed by atoms with Crippen molar-refractivity contribution in [3.8, 4) is 11.3 Å². The van der Waals surface area contributed by atoms with E-state index in [1.807, 2.05) is 48.7 Å². The second-order valence-corrected chi connectivity index (χ2v) is 7.67. The molecule has 0 bridgehead atoms. The van der Waals surface area contributed by atoms with Crippen LogP contribution >= 0.6 is 23.4 Å². The first-order valence-corrected chi connectivity index (χ1v) is 9.65. The van der Waals surface area contributed by atoms with Gasteiger partial charge in [-0.1, -0.05) is 65.8 Å². The third-order valence-electron chi connectivity index (χ3n) is 4.28. The van der Waals surface area contributed by atoms with E-state index < -0.39 is 0 Å². The highest BCUT2D eigenvalue weighted by molar-refractivity contribution is 8.00. The molecule has 26 heavy (non-hydrogen) atoms. The van der Waals surface area contributed by atoms with Gasteiger partial charge in [0, 0.05) is 11.4 Å². The number of cyclic esters (lactones) is 1. The van der Waals surface area contributed by atoms with E-state index in [0.717, 1.165) is 22.8 Å². The monoisotopic (exact) mass is 384 g/mol. The third kappa shape index (κ3) is 3.64. The normalized spacial score (nSPS) is 16.7. The van der Waals surface area contributed by atoms with Gasteiger partial charge in [-0.25, -0.2) is 4.98 Å². The van der Waals surface area contributed by atoms with Crippen molar-refractivity contribution in [3.63, 3.8) is 0 Å². The Balaban J connectivity index is 1.71. The SMILES string of the molecule is O=C1OCC[C@H]1Sc1ncc(-c2ccc(Cl)cc2)n1Cc1ccccc1. The average Bonchev–Trinajstić information content (AvgIpc) is 3.24. The Morgan fingerprint density at radius 2 is 1.92 bits per heavy atom. The van der Waals surface area contributed by atoms with Crippen molar-refractivity contribution in [1.82, 2.24) is 9.55 Å². The molecule has 2 heterocycles. The van der Waals surface area contributed by atoms with Crippen LogP contribution in [0.1, 0.15) is 12.0 Å². The molecule has 4 rings (SSSR count). The molecule has 2 aromatic carbocycles. The molecule has 0 aliphatic carbocycles. The molecule has 1 fully saturated rings. The first-order chi connectivity index (χ1) is 12.7. The molecule has 3 aromatic rings. The van der Waals surface area contributed by atoms with Crippen LogP contribution in [0, 0.1) is 0 Å². The van der Waals surface area contributed by atoms with Crippen molar-refractivity contribution < 1.29 is 9.53 Å². The molecule has 1 atom stereocenters. The zero-order chi connectivity index (χ0) is 17.9. The molecule has 0 amide bonds. The van der Waals surface area contributed by atoms with Crippen LogP contribution in [0.15, 0.2) is 66.0 Å². The number of esters is 1. The highest BCUT2D eigenvalue weighted by atomic mass is 35.5. The van der Waals surface area contributed by atoms with Gasteiger partial charge in [0.1, 0.15) is 5.25 Å².